The van der Waals surface area contributed by atoms with E-state index in [1.807, 2.05) is 20.8 Å². The summed E-state index contributed by atoms with van der Waals surface area (Å²) in [6.45, 7) is 14.3. The summed E-state index contributed by atoms with van der Waals surface area (Å²) in [7, 11) is 0. The molecular weight excluding hydrogens is 152 g/mol. The summed E-state index contributed by atoms with van der Waals surface area (Å²) in [5.74, 6) is 0.659. The third-order valence-corrected chi connectivity index (χ3v) is 1.55. The molecule has 0 aliphatic carbocycles. The molecule has 0 amide bonds. The Kier molecular flexibility index (Phi) is 4.67. The zero-order valence-electron chi connectivity index (χ0n) is 8.22. The summed E-state index contributed by atoms with van der Waals surface area (Å²) in [6, 6.07) is 0. The quantitative estimate of drug-likeness (QED) is 0.450. The Hall–Kier alpha value is -0.760. The molecule has 0 rings (SSSR count). The van der Waals surface area contributed by atoms with Crippen molar-refractivity contribution < 1.29 is 9.47 Å². The van der Waals surface area contributed by atoms with Crippen LogP contribution in [0.5, 0.6) is 0 Å². The SMILES string of the molecule is C=CCOC(C)(C)C(=C)OCC. The fraction of sp³-hybridized carbons (Fsp3) is 0.600. The van der Waals surface area contributed by atoms with Gasteiger partial charge in [-0.1, -0.05) is 12.7 Å². The second kappa shape index (κ2) is 4.99. The van der Waals surface area contributed by atoms with E-state index in [2.05, 4.69) is 13.2 Å². The van der Waals surface area contributed by atoms with Crippen LogP contribution in [0.2, 0.25) is 0 Å². The van der Waals surface area contributed by atoms with Crippen molar-refractivity contribution in [3.05, 3.63) is 25.0 Å². The Morgan fingerprint density at radius 1 is 1.50 bits per heavy atom. The van der Waals surface area contributed by atoms with Crippen molar-refractivity contribution in [2.24, 2.45) is 0 Å². The number of hydrogen-bond donors (Lipinski definition) is 0. The van der Waals surface area contributed by atoms with Crippen molar-refractivity contribution in [3.8, 4) is 0 Å². The van der Waals surface area contributed by atoms with Gasteiger partial charge in [0, 0.05) is 0 Å². The third-order valence-electron chi connectivity index (χ3n) is 1.55. The van der Waals surface area contributed by atoms with Gasteiger partial charge in [0.2, 0.25) is 0 Å². The molecule has 0 aromatic heterocycles. The summed E-state index contributed by atoms with van der Waals surface area (Å²) >= 11 is 0. The average molecular weight is 170 g/mol. The van der Waals surface area contributed by atoms with E-state index in [-0.39, 0.29) is 0 Å². The molecule has 0 aliphatic heterocycles. The summed E-state index contributed by atoms with van der Waals surface area (Å²) in [5.41, 5.74) is -0.426. The summed E-state index contributed by atoms with van der Waals surface area (Å²) in [6.07, 6.45) is 1.71. The zero-order chi connectivity index (χ0) is 9.61. The molecule has 0 aromatic carbocycles. The fourth-order valence-electron chi connectivity index (χ4n) is 0.696. The standard InChI is InChI=1S/C10H18O2/c1-6-8-12-10(4,5)9(3)11-7-2/h6H,1,3,7-8H2,2,4-5H3. The van der Waals surface area contributed by atoms with Crippen LogP contribution in [0, 0.1) is 0 Å². The van der Waals surface area contributed by atoms with Gasteiger partial charge in [0.25, 0.3) is 0 Å². The summed E-state index contributed by atoms with van der Waals surface area (Å²) in [4.78, 5) is 0. The lowest BCUT2D eigenvalue weighted by Gasteiger charge is -2.26. The van der Waals surface area contributed by atoms with Crippen molar-refractivity contribution >= 4 is 0 Å². The molecule has 0 heterocycles. The Balaban J connectivity index is 3.98. The van der Waals surface area contributed by atoms with Gasteiger partial charge in [0.15, 0.2) is 0 Å². The Morgan fingerprint density at radius 3 is 2.50 bits per heavy atom. The van der Waals surface area contributed by atoms with Crippen LogP contribution in [-0.4, -0.2) is 18.8 Å². The predicted octanol–water partition coefficient (Wildman–Crippen LogP) is 2.52. The van der Waals surface area contributed by atoms with Crippen LogP contribution in [0.15, 0.2) is 25.0 Å². The van der Waals surface area contributed by atoms with E-state index in [4.69, 9.17) is 9.47 Å². The minimum Gasteiger partial charge on any atom is -0.496 e. The highest BCUT2D eigenvalue weighted by Gasteiger charge is 2.23. The van der Waals surface area contributed by atoms with Gasteiger partial charge < -0.3 is 9.47 Å². The topological polar surface area (TPSA) is 18.5 Å². The molecular formula is C10H18O2. The molecule has 0 aliphatic rings. The molecule has 70 valence electrons. The van der Waals surface area contributed by atoms with Crippen LogP contribution >= 0.6 is 0 Å². The van der Waals surface area contributed by atoms with E-state index < -0.39 is 5.60 Å². The molecule has 0 bridgehead atoms. The molecule has 2 nitrogen and oxygen atoms in total. The van der Waals surface area contributed by atoms with Crippen molar-refractivity contribution in [2.75, 3.05) is 13.2 Å². The Morgan fingerprint density at radius 2 is 2.08 bits per heavy atom. The van der Waals surface area contributed by atoms with E-state index in [1.54, 1.807) is 6.08 Å². The lowest BCUT2D eigenvalue weighted by atomic mass is 10.1. The second-order valence-corrected chi connectivity index (χ2v) is 2.97. The highest BCUT2D eigenvalue weighted by Crippen LogP contribution is 2.19. The first kappa shape index (κ1) is 11.2. The third kappa shape index (κ3) is 3.58. The number of hydrogen-bond acceptors (Lipinski definition) is 2. The first-order valence-electron chi connectivity index (χ1n) is 4.11. The molecule has 0 spiro atoms. The highest BCUT2D eigenvalue weighted by atomic mass is 16.5. The molecule has 0 fully saturated rings. The lowest BCUT2D eigenvalue weighted by Crippen LogP contribution is -2.28. The fourth-order valence-corrected chi connectivity index (χ4v) is 0.696. The van der Waals surface area contributed by atoms with E-state index in [1.165, 1.54) is 0 Å². The lowest BCUT2D eigenvalue weighted by molar-refractivity contribution is -0.0159. The minimum absolute atomic E-state index is 0.426. The largest absolute Gasteiger partial charge is 0.496 e. The minimum atomic E-state index is -0.426. The molecule has 12 heavy (non-hydrogen) atoms. The number of ether oxygens (including phenoxy) is 2. The van der Waals surface area contributed by atoms with E-state index in [0.717, 1.165) is 0 Å². The summed E-state index contributed by atoms with van der Waals surface area (Å²) in [5, 5.41) is 0. The maximum atomic E-state index is 5.45. The molecule has 0 atom stereocenters. The van der Waals surface area contributed by atoms with Crippen molar-refractivity contribution in [1.82, 2.24) is 0 Å². The van der Waals surface area contributed by atoms with Crippen molar-refractivity contribution in [2.45, 2.75) is 26.4 Å². The smallest absolute Gasteiger partial charge is 0.120 e. The van der Waals surface area contributed by atoms with Crippen LogP contribution in [0.25, 0.3) is 0 Å². The summed E-state index contributed by atoms with van der Waals surface area (Å²) < 4.78 is 10.7. The molecule has 0 radical (unpaired) electrons. The second-order valence-electron chi connectivity index (χ2n) is 2.97. The van der Waals surface area contributed by atoms with Crippen molar-refractivity contribution in [1.29, 1.82) is 0 Å². The van der Waals surface area contributed by atoms with Gasteiger partial charge in [-0.15, -0.1) is 6.58 Å². The van der Waals surface area contributed by atoms with Gasteiger partial charge in [0.05, 0.1) is 13.2 Å². The first-order chi connectivity index (χ1) is 5.54. The molecule has 2 heteroatoms. The molecule has 0 saturated heterocycles. The van der Waals surface area contributed by atoms with Gasteiger partial charge in [-0.05, 0) is 20.8 Å². The van der Waals surface area contributed by atoms with Gasteiger partial charge in [0.1, 0.15) is 11.4 Å². The van der Waals surface area contributed by atoms with Crippen LogP contribution in [-0.2, 0) is 9.47 Å². The number of rotatable bonds is 6. The molecule has 0 N–H and O–H groups in total. The van der Waals surface area contributed by atoms with Gasteiger partial charge in [-0.2, -0.15) is 0 Å². The van der Waals surface area contributed by atoms with E-state index in [9.17, 15) is 0 Å². The molecule has 0 saturated carbocycles. The average Bonchev–Trinajstić information content (AvgIpc) is 2.01. The molecule has 0 unspecified atom stereocenters. The van der Waals surface area contributed by atoms with Crippen LogP contribution < -0.4 is 0 Å². The first-order valence-corrected chi connectivity index (χ1v) is 4.11. The van der Waals surface area contributed by atoms with Crippen LogP contribution in [0.1, 0.15) is 20.8 Å². The Bertz CT molecular complexity index is 159. The Labute approximate surface area is 74.9 Å². The van der Waals surface area contributed by atoms with Gasteiger partial charge in [-0.25, -0.2) is 0 Å². The van der Waals surface area contributed by atoms with Gasteiger partial charge in [-0.3, -0.25) is 0 Å². The normalized spacial score (nSPS) is 10.9. The van der Waals surface area contributed by atoms with Crippen LogP contribution in [0.4, 0.5) is 0 Å². The molecule has 0 aromatic rings. The monoisotopic (exact) mass is 170 g/mol. The zero-order valence-corrected chi connectivity index (χ0v) is 8.22. The van der Waals surface area contributed by atoms with E-state index >= 15 is 0 Å². The predicted molar refractivity (Wildman–Crippen MR) is 51.0 cm³/mol. The van der Waals surface area contributed by atoms with E-state index in [0.29, 0.717) is 19.0 Å². The highest BCUT2D eigenvalue weighted by molar-refractivity contribution is 5.01. The van der Waals surface area contributed by atoms with Crippen LogP contribution in [0.3, 0.4) is 0 Å². The maximum Gasteiger partial charge on any atom is 0.120 e. The van der Waals surface area contributed by atoms with Gasteiger partial charge >= 0.3 is 0 Å². The maximum absolute atomic E-state index is 5.45. The van der Waals surface area contributed by atoms with Crippen molar-refractivity contribution in [3.63, 3.8) is 0 Å².